The first-order valence-corrected chi connectivity index (χ1v) is 8.16. The summed E-state index contributed by atoms with van der Waals surface area (Å²) in [4.78, 5) is 9.06. The van der Waals surface area contributed by atoms with Gasteiger partial charge in [0.1, 0.15) is 5.82 Å². The molecule has 0 saturated heterocycles. The molecule has 0 amide bonds. The van der Waals surface area contributed by atoms with E-state index in [2.05, 4.69) is 46.4 Å². The Morgan fingerprint density at radius 1 is 0.880 bits per heavy atom. The molecule has 4 nitrogen and oxygen atoms in total. The van der Waals surface area contributed by atoms with Crippen molar-refractivity contribution in [3.8, 4) is 0 Å². The van der Waals surface area contributed by atoms with Crippen molar-refractivity contribution in [2.45, 2.75) is 12.2 Å². The summed E-state index contributed by atoms with van der Waals surface area (Å²) in [5.41, 5.74) is 5.20. The first kappa shape index (κ1) is 15.7. The molecular formula is C21H18N2O2. The molecular weight excluding hydrogens is 312 g/mol. The van der Waals surface area contributed by atoms with E-state index >= 15 is 0 Å². The Labute approximate surface area is 146 Å². The van der Waals surface area contributed by atoms with Gasteiger partial charge < -0.3 is 9.84 Å². The lowest BCUT2D eigenvalue weighted by molar-refractivity contribution is -0.0773. The molecule has 1 unspecified atom stereocenters. The van der Waals surface area contributed by atoms with Gasteiger partial charge in [0.05, 0.1) is 5.92 Å². The average molecular weight is 330 g/mol. The fourth-order valence-electron chi connectivity index (χ4n) is 3.24. The number of fused-ring (bicyclic) bond motifs is 2. The largest absolute Gasteiger partial charge is 0.364 e. The maximum Gasteiger partial charge on any atom is 0.183 e. The first-order chi connectivity index (χ1) is 12.3. The quantitative estimate of drug-likeness (QED) is 0.581. The lowest BCUT2D eigenvalue weighted by atomic mass is 9.87. The summed E-state index contributed by atoms with van der Waals surface area (Å²) in [5.74, 6) is 0.645. The van der Waals surface area contributed by atoms with Crippen molar-refractivity contribution in [1.29, 1.82) is 0 Å². The number of methoxy groups -OCH3 is 1. The lowest BCUT2D eigenvalue weighted by Crippen LogP contribution is -2.11. The van der Waals surface area contributed by atoms with E-state index in [1.807, 2.05) is 24.3 Å². The zero-order valence-electron chi connectivity index (χ0n) is 13.8. The standard InChI is InChI=1S/C21H18N2O2/c1-25-21(24)16-12-22-20(23-13-16)19-17-8-4-2-6-14(17)10-11-15-7-3-5-9-18(15)19/h2-13,19,21,24H,1H3. The number of aliphatic hydroxyl groups excluding tert-OH is 1. The number of aromatic nitrogens is 2. The number of hydrogen-bond donors (Lipinski definition) is 1. The van der Waals surface area contributed by atoms with Crippen LogP contribution in [0.25, 0.3) is 12.2 Å². The molecule has 1 aromatic heterocycles. The van der Waals surface area contributed by atoms with Gasteiger partial charge in [-0.25, -0.2) is 9.97 Å². The molecule has 25 heavy (non-hydrogen) atoms. The Morgan fingerprint density at radius 2 is 1.40 bits per heavy atom. The highest BCUT2D eigenvalue weighted by Crippen LogP contribution is 2.37. The van der Waals surface area contributed by atoms with Gasteiger partial charge >= 0.3 is 0 Å². The highest BCUT2D eigenvalue weighted by Gasteiger charge is 2.25. The molecule has 1 aliphatic carbocycles. The predicted octanol–water partition coefficient (Wildman–Crippen LogP) is 3.78. The van der Waals surface area contributed by atoms with E-state index in [0.717, 1.165) is 11.1 Å². The van der Waals surface area contributed by atoms with Crippen LogP contribution in [-0.2, 0) is 4.74 Å². The Hall–Kier alpha value is -2.82. The van der Waals surface area contributed by atoms with Gasteiger partial charge in [0.25, 0.3) is 0 Å². The van der Waals surface area contributed by atoms with Gasteiger partial charge in [0.15, 0.2) is 6.29 Å². The lowest BCUT2D eigenvalue weighted by Gasteiger charge is -2.19. The van der Waals surface area contributed by atoms with E-state index in [0.29, 0.717) is 11.4 Å². The SMILES string of the molecule is COC(O)c1cnc(C2c3ccccc3C=Cc3ccccc32)nc1. The summed E-state index contributed by atoms with van der Waals surface area (Å²) in [6.07, 6.45) is 6.51. The second-order valence-corrected chi connectivity index (χ2v) is 5.99. The summed E-state index contributed by atoms with van der Waals surface area (Å²) in [6.45, 7) is 0. The van der Waals surface area contributed by atoms with E-state index in [9.17, 15) is 5.11 Å². The second kappa shape index (κ2) is 6.59. The van der Waals surface area contributed by atoms with Gasteiger partial charge in [0.2, 0.25) is 0 Å². The Bertz CT molecular complexity index is 870. The van der Waals surface area contributed by atoms with Gasteiger partial charge in [-0.2, -0.15) is 0 Å². The normalized spacial score (nSPS) is 14.5. The summed E-state index contributed by atoms with van der Waals surface area (Å²) in [7, 11) is 1.45. The van der Waals surface area contributed by atoms with Crippen LogP contribution in [0.2, 0.25) is 0 Å². The third-order valence-corrected chi connectivity index (χ3v) is 4.51. The molecule has 3 aromatic rings. The predicted molar refractivity (Wildman–Crippen MR) is 96.8 cm³/mol. The minimum Gasteiger partial charge on any atom is -0.364 e. The third-order valence-electron chi connectivity index (χ3n) is 4.51. The Kier molecular flexibility index (Phi) is 4.14. The molecule has 0 fully saturated rings. The van der Waals surface area contributed by atoms with E-state index in [1.54, 1.807) is 12.4 Å². The molecule has 2 aromatic carbocycles. The molecule has 4 heteroatoms. The summed E-state index contributed by atoms with van der Waals surface area (Å²) in [5, 5.41) is 9.78. The van der Waals surface area contributed by atoms with E-state index in [4.69, 9.17) is 4.74 Å². The van der Waals surface area contributed by atoms with Crippen molar-refractivity contribution in [3.63, 3.8) is 0 Å². The zero-order valence-corrected chi connectivity index (χ0v) is 13.8. The molecule has 0 bridgehead atoms. The number of rotatable bonds is 3. The molecule has 1 aliphatic rings. The topological polar surface area (TPSA) is 55.2 Å². The molecule has 0 saturated carbocycles. The Morgan fingerprint density at radius 3 is 1.92 bits per heavy atom. The zero-order chi connectivity index (χ0) is 17.2. The molecule has 1 N–H and O–H groups in total. The molecule has 124 valence electrons. The molecule has 4 rings (SSSR count). The van der Waals surface area contributed by atoms with Crippen LogP contribution in [0.1, 0.15) is 45.8 Å². The van der Waals surface area contributed by atoms with Crippen LogP contribution in [0.3, 0.4) is 0 Å². The molecule has 0 radical (unpaired) electrons. The number of aliphatic hydroxyl groups is 1. The van der Waals surface area contributed by atoms with Crippen LogP contribution in [0.4, 0.5) is 0 Å². The van der Waals surface area contributed by atoms with Crippen molar-refractivity contribution >= 4 is 12.2 Å². The number of hydrogen-bond acceptors (Lipinski definition) is 4. The van der Waals surface area contributed by atoms with Crippen molar-refractivity contribution in [2.24, 2.45) is 0 Å². The first-order valence-electron chi connectivity index (χ1n) is 8.16. The van der Waals surface area contributed by atoms with Crippen LogP contribution in [-0.4, -0.2) is 22.2 Å². The van der Waals surface area contributed by atoms with Crippen molar-refractivity contribution in [3.05, 3.63) is 94.6 Å². The third kappa shape index (κ3) is 2.86. The summed E-state index contributed by atoms with van der Waals surface area (Å²) in [6, 6.07) is 16.6. The fraction of sp³-hybridized carbons (Fsp3) is 0.143. The number of benzene rings is 2. The fourth-order valence-corrected chi connectivity index (χ4v) is 3.24. The molecule has 1 heterocycles. The van der Waals surface area contributed by atoms with Gasteiger partial charge in [0, 0.05) is 25.1 Å². The van der Waals surface area contributed by atoms with E-state index in [1.165, 1.54) is 18.2 Å². The molecule has 1 atom stereocenters. The van der Waals surface area contributed by atoms with Crippen LogP contribution in [0.15, 0.2) is 60.9 Å². The van der Waals surface area contributed by atoms with Gasteiger partial charge in [-0.3, -0.25) is 0 Å². The van der Waals surface area contributed by atoms with Gasteiger partial charge in [-0.1, -0.05) is 60.7 Å². The molecule has 0 spiro atoms. The van der Waals surface area contributed by atoms with Crippen molar-refractivity contribution < 1.29 is 9.84 Å². The number of ether oxygens (including phenoxy) is 1. The second-order valence-electron chi connectivity index (χ2n) is 5.99. The van der Waals surface area contributed by atoms with Crippen LogP contribution in [0, 0.1) is 0 Å². The minimum atomic E-state index is -1.01. The van der Waals surface area contributed by atoms with Gasteiger partial charge in [-0.05, 0) is 22.3 Å². The summed E-state index contributed by atoms with van der Waals surface area (Å²) < 4.78 is 4.92. The average Bonchev–Trinajstić information content (AvgIpc) is 2.84. The van der Waals surface area contributed by atoms with Crippen LogP contribution >= 0.6 is 0 Å². The van der Waals surface area contributed by atoms with Crippen molar-refractivity contribution in [2.75, 3.05) is 7.11 Å². The van der Waals surface area contributed by atoms with Crippen LogP contribution in [0.5, 0.6) is 0 Å². The van der Waals surface area contributed by atoms with Crippen LogP contribution < -0.4 is 0 Å². The minimum absolute atomic E-state index is 0.0591. The highest BCUT2D eigenvalue weighted by atomic mass is 16.6. The smallest absolute Gasteiger partial charge is 0.183 e. The van der Waals surface area contributed by atoms with Crippen molar-refractivity contribution in [1.82, 2.24) is 9.97 Å². The monoisotopic (exact) mass is 330 g/mol. The molecule has 0 aliphatic heterocycles. The van der Waals surface area contributed by atoms with E-state index in [-0.39, 0.29) is 5.92 Å². The number of nitrogens with zero attached hydrogens (tertiary/aromatic N) is 2. The summed E-state index contributed by atoms with van der Waals surface area (Å²) >= 11 is 0. The highest BCUT2D eigenvalue weighted by molar-refractivity contribution is 5.77. The van der Waals surface area contributed by atoms with E-state index < -0.39 is 6.29 Å². The Balaban J connectivity index is 1.87. The van der Waals surface area contributed by atoms with Gasteiger partial charge in [-0.15, -0.1) is 0 Å². The maximum atomic E-state index is 9.78. The maximum absolute atomic E-state index is 9.78.